The van der Waals surface area contributed by atoms with Crippen molar-refractivity contribution in [1.29, 1.82) is 0 Å². The molecule has 3 aromatic rings. The van der Waals surface area contributed by atoms with E-state index in [0.717, 1.165) is 10.9 Å². The quantitative estimate of drug-likeness (QED) is 0.665. The van der Waals surface area contributed by atoms with Crippen LogP contribution < -0.4 is 15.7 Å². The molecule has 1 aromatic heterocycles. The molecular formula is C20H19NO5. The molecule has 0 aliphatic rings. The SMILES string of the molecule is C[C@@H](Oc1ccc2ccc(=O)oc2c1)C(=O)NC[C@H](O)c1ccccc1. The summed E-state index contributed by atoms with van der Waals surface area (Å²) in [7, 11) is 0. The van der Waals surface area contributed by atoms with Gasteiger partial charge in [-0.2, -0.15) is 0 Å². The van der Waals surface area contributed by atoms with E-state index in [2.05, 4.69) is 5.32 Å². The van der Waals surface area contributed by atoms with Crippen LogP contribution in [0.4, 0.5) is 0 Å². The lowest BCUT2D eigenvalue weighted by Crippen LogP contribution is -2.38. The number of aliphatic hydroxyl groups excluding tert-OH is 1. The normalized spacial score (nSPS) is 13.2. The first kappa shape index (κ1) is 17.7. The Morgan fingerprint density at radius 2 is 1.88 bits per heavy atom. The predicted octanol–water partition coefficient (Wildman–Crippen LogP) is 2.41. The van der Waals surface area contributed by atoms with Gasteiger partial charge in [-0.15, -0.1) is 0 Å². The van der Waals surface area contributed by atoms with E-state index in [0.29, 0.717) is 11.3 Å². The summed E-state index contributed by atoms with van der Waals surface area (Å²) in [5.74, 6) is 0.0627. The third kappa shape index (κ3) is 4.29. The molecule has 134 valence electrons. The number of fused-ring (bicyclic) bond motifs is 1. The molecule has 0 spiro atoms. The first-order chi connectivity index (χ1) is 12.5. The van der Waals surface area contributed by atoms with E-state index in [1.54, 1.807) is 43.3 Å². The summed E-state index contributed by atoms with van der Waals surface area (Å²) in [6.07, 6.45) is -1.56. The number of rotatable bonds is 6. The molecular weight excluding hydrogens is 334 g/mol. The summed E-state index contributed by atoms with van der Waals surface area (Å²) in [4.78, 5) is 23.5. The van der Waals surface area contributed by atoms with E-state index in [1.165, 1.54) is 6.07 Å². The monoisotopic (exact) mass is 353 g/mol. The van der Waals surface area contributed by atoms with Crippen molar-refractivity contribution in [3.05, 3.63) is 76.6 Å². The van der Waals surface area contributed by atoms with Crippen molar-refractivity contribution in [3.63, 3.8) is 0 Å². The average molecular weight is 353 g/mol. The molecule has 1 amide bonds. The van der Waals surface area contributed by atoms with Crippen LogP contribution in [0.1, 0.15) is 18.6 Å². The minimum absolute atomic E-state index is 0.0865. The van der Waals surface area contributed by atoms with E-state index in [-0.39, 0.29) is 12.5 Å². The van der Waals surface area contributed by atoms with Gasteiger partial charge in [0.15, 0.2) is 6.10 Å². The molecule has 0 aliphatic carbocycles. The summed E-state index contributed by atoms with van der Waals surface area (Å²) in [6.45, 7) is 1.69. The van der Waals surface area contributed by atoms with Crippen LogP contribution in [-0.2, 0) is 4.79 Å². The van der Waals surface area contributed by atoms with Crippen LogP contribution in [0, 0.1) is 0 Å². The van der Waals surface area contributed by atoms with Gasteiger partial charge in [-0.05, 0) is 30.7 Å². The lowest BCUT2D eigenvalue weighted by molar-refractivity contribution is -0.127. The highest BCUT2D eigenvalue weighted by atomic mass is 16.5. The van der Waals surface area contributed by atoms with Crippen LogP contribution in [0.5, 0.6) is 5.75 Å². The Morgan fingerprint density at radius 3 is 2.65 bits per heavy atom. The summed E-state index contributed by atoms with van der Waals surface area (Å²) in [6, 6.07) is 17.1. The second-order valence-corrected chi connectivity index (χ2v) is 5.89. The van der Waals surface area contributed by atoms with Crippen molar-refractivity contribution in [3.8, 4) is 5.75 Å². The third-order valence-corrected chi connectivity index (χ3v) is 3.93. The Kier molecular flexibility index (Phi) is 5.34. The van der Waals surface area contributed by atoms with Gasteiger partial charge in [-0.1, -0.05) is 30.3 Å². The zero-order valence-electron chi connectivity index (χ0n) is 14.2. The van der Waals surface area contributed by atoms with Crippen molar-refractivity contribution in [2.75, 3.05) is 6.54 Å². The fourth-order valence-corrected chi connectivity index (χ4v) is 2.51. The number of hydrogen-bond donors (Lipinski definition) is 2. The number of amides is 1. The molecule has 0 aliphatic heterocycles. The molecule has 2 aromatic carbocycles. The zero-order valence-corrected chi connectivity index (χ0v) is 14.2. The first-order valence-electron chi connectivity index (χ1n) is 8.24. The molecule has 2 atom stereocenters. The Labute approximate surface area is 150 Å². The Balaban J connectivity index is 1.59. The van der Waals surface area contributed by atoms with Crippen LogP contribution in [0.2, 0.25) is 0 Å². The number of carbonyl (C=O) groups is 1. The molecule has 6 nitrogen and oxygen atoms in total. The van der Waals surface area contributed by atoms with Gasteiger partial charge in [0.05, 0.1) is 6.10 Å². The van der Waals surface area contributed by atoms with Gasteiger partial charge in [-0.3, -0.25) is 4.79 Å². The third-order valence-electron chi connectivity index (χ3n) is 3.93. The minimum Gasteiger partial charge on any atom is -0.481 e. The first-order valence-corrected chi connectivity index (χ1v) is 8.24. The zero-order chi connectivity index (χ0) is 18.5. The maximum atomic E-state index is 12.2. The van der Waals surface area contributed by atoms with Crippen LogP contribution in [-0.4, -0.2) is 23.7 Å². The molecule has 0 unspecified atom stereocenters. The van der Waals surface area contributed by atoms with Gasteiger partial charge in [0.1, 0.15) is 11.3 Å². The average Bonchev–Trinajstić information content (AvgIpc) is 2.66. The van der Waals surface area contributed by atoms with E-state index in [9.17, 15) is 14.7 Å². The lowest BCUT2D eigenvalue weighted by atomic mass is 10.1. The summed E-state index contributed by atoms with van der Waals surface area (Å²) < 4.78 is 10.7. The molecule has 1 heterocycles. The molecule has 0 saturated heterocycles. The van der Waals surface area contributed by atoms with Crippen LogP contribution in [0.15, 0.2) is 69.9 Å². The number of hydrogen-bond acceptors (Lipinski definition) is 5. The molecule has 2 N–H and O–H groups in total. The molecule has 6 heteroatoms. The van der Waals surface area contributed by atoms with Gasteiger partial charge in [0.25, 0.3) is 5.91 Å². The highest BCUT2D eigenvalue weighted by Gasteiger charge is 2.17. The largest absolute Gasteiger partial charge is 0.481 e. The summed E-state index contributed by atoms with van der Waals surface area (Å²) in [5, 5.41) is 13.5. The summed E-state index contributed by atoms with van der Waals surface area (Å²) in [5.41, 5.74) is 0.670. The van der Waals surface area contributed by atoms with E-state index >= 15 is 0 Å². The van der Waals surface area contributed by atoms with Gasteiger partial charge >= 0.3 is 5.63 Å². The second kappa shape index (κ2) is 7.84. The number of aliphatic hydroxyl groups is 1. The Bertz CT molecular complexity index is 951. The predicted molar refractivity (Wildman–Crippen MR) is 97.0 cm³/mol. The molecule has 0 fully saturated rings. The minimum atomic E-state index is -0.790. The Morgan fingerprint density at radius 1 is 1.15 bits per heavy atom. The molecule has 26 heavy (non-hydrogen) atoms. The van der Waals surface area contributed by atoms with Crippen molar-refractivity contribution < 1.29 is 19.1 Å². The number of ether oxygens (including phenoxy) is 1. The van der Waals surface area contributed by atoms with Crippen molar-refractivity contribution in [2.45, 2.75) is 19.1 Å². The maximum Gasteiger partial charge on any atom is 0.336 e. The van der Waals surface area contributed by atoms with Crippen molar-refractivity contribution >= 4 is 16.9 Å². The maximum absolute atomic E-state index is 12.2. The highest BCUT2D eigenvalue weighted by molar-refractivity contribution is 5.81. The van der Waals surface area contributed by atoms with Crippen molar-refractivity contribution in [1.82, 2.24) is 5.32 Å². The highest BCUT2D eigenvalue weighted by Crippen LogP contribution is 2.20. The number of carbonyl (C=O) groups excluding carboxylic acids is 1. The molecule has 0 bridgehead atoms. The van der Waals surface area contributed by atoms with Crippen LogP contribution in [0.3, 0.4) is 0 Å². The van der Waals surface area contributed by atoms with Gasteiger partial charge in [0, 0.05) is 24.1 Å². The fourth-order valence-electron chi connectivity index (χ4n) is 2.51. The van der Waals surface area contributed by atoms with Gasteiger partial charge in [0.2, 0.25) is 0 Å². The number of benzene rings is 2. The van der Waals surface area contributed by atoms with Crippen LogP contribution >= 0.6 is 0 Å². The second-order valence-electron chi connectivity index (χ2n) is 5.89. The summed E-state index contributed by atoms with van der Waals surface area (Å²) >= 11 is 0. The standard InChI is InChI=1S/C20H19NO5/c1-13(20(24)21-12-17(22)14-5-3-2-4-6-14)25-16-9-7-15-8-10-19(23)26-18(15)11-16/h2-11,13,17,22H,12H2,1H3,(H,21,24)/t13-,17+/m1/s1. The lowest BCUT2D eigenvalue weighted by Gasteiger charge is -2.17. The van der Waals surface area contributed by atoms with E-state index in [4.69, 9.17) is 9.15 Å². The molecule has 0 saturated carbocycles. The smallest absolute Gasteiger partial charge is 0.336 e. The van der Waals surface area contributed by atoms with Gasteiger partial charge < -0.3 is 19.6 Å². The molecule has 3 rings (SSSR count). The topological polar surface area (TPSA) is 88.8 Å². The van der Waals surface area contributed by atoms with E-state index < -0.39 is 17.8 Å². The van der Waals surface area contributed by atoms with Crippen LogP contribution in [0.25, 0.3) is 11.0 Å². The number of nitrogens with one attached hydrogen (secondary N) is 1. The Hall–Kier alpha value is -3.12. The van der Waals surface area contributed by atoms with Gasteiger partial charge in [-0.25, -0.2) is 4.79 Å². The fraction of sp³-hybridized carbons (Fsp3) is 0.200. The van der Waals surface area contributed by atoms with E-state index in [1.807, 2.05) is 18.2 Å². The van der Waals surface area contributed by atoms with Crippen molar-refractivity contribution in [2.24, 2.45) is 0 Å². The molecule has 0 radical (unpaired) electrons.